The molecule has 1 unspecified atom stereocenters. The maximum atomic E-state index is 12.7. The minimum atomic E-state index is -1.06. The van der Waals surface area contributed by atoms with E-state index in [1.165, 1.54) is 11.9 Å². The molecule has 0 radical (unpaired) electrons. The normalized spacial score (nSPS) is 14.3. The standard InChI is InChI=1S/C21H22N2O4/c1-23(18(21(26)27)13-14-5-3-2-4-6-14)20(25)16-9-7-15(8-10-16)19(24)22-17-11-12-17/h2-10,17-18H,11-13H2,1H3,(H,22,24)(H,26,27). The topological polar surface area (TPSA) is 86.7 Å². The highest BCUT2D eigenvalue weighted by Crippen LogP contribution is 2.19. The van der Waals surface area contributed by atoms with E-state index >= 15 is 0 Å². The molecule has 1 atom stereocenters. The third-order valence-corrected chi connectivity index (χ3v) is 4.65. The summed E-state index contributed by atoms with van der Waals surface area (Å²) in [5.74, 6) is -1.61. The molecule has 1 saturated carbocycles. The number of nitrogens with zero attached hydrogens (tertiary/aromatic N) is 1. The summed E-state index contributed by atoms with van der Waals surface area (Å²) in [5, 5.41) is 12.5. The largest absolute Gasteiger partial charge is 0.480 e. The molecular formula is C21H22N2O4. The average Bonchev–Trinajstić information content (AvgIpc) is 3.49. The first-order chi connectivity index (χ1) is 13.0. The van der Waals surface area contributed by atoms with Gasteiger partial charge in [0.05, 0.1) is 0 Å². The van der Waals surface area contributed by atoms with E-state index < -0.39 is 17.9 Å². The summed E-state index contributed by atoms with van der Waals surface area (Å²) in [4.78, 5) is 37.7. The van der Waals surface area contributed by atoms with E-state index in [0.29, 0.717) is 11.1 Å². The van der Waals surface area contributed by atoms with Crippen LogP contribution in [0.25, 0.3) is 0 Å². The fourth-order valence-corrected chi connectivity index (χ4v) is 2.83. The Bertz CT molecular complexity index is 829. The van der Waals surface area contributed by atoms with Gasteiger partial charge in [0.1, 0.15) is 6.04 Å². The number of hydrogen-bond donors (Lipinski definition) is 2. The molecule has 1 fully saturated rings. The van der Waals surface area contributed by atoms with Crippen LogP contribution in [-0.2, 0) is 11.2 Å². The predicted molar refractivity (Wildman–Crippen MR) is 101 cm³/mol. The van der Waals surface area contributed by atoms with Crippen LogP contribution in [0.2, 0.25) is 0 Å². The highest BCUT2D eigenvalue weighted by molar-refractivity contribution is 5.99. The van der Waals surface area contributed by atoms with Gasteiger partial charge in [0.15, 0.2) is 0 Å². The van der Waals surface area contributed by atoms with E-state index in [0.717, 1.165) is 18.4 Å². The van der Waals surface area contributed by atoms with E-state index in [4.69, 9.17) is 0 Å². The van der Waals surface area contributed by atoms with Crippen molar-refractivity contribution in [3.8, 4) is 0 Å². The van der Waals surface area contributed by atoms with E-state index in [-0.39, 0.29) is 18.4 Å². The van der Waals surface area contributed by atoms with Crippen LogP contribution < -0.4 is 5.32 Å². The molecule has 0 bridgehead atoms. The van der Waals surface area contributed by atoms with Gasteiger partial charge in [0.2, 0.25) is 0 Å². The number of carboxylic acids is 1. The number of rotatable bonds is 7. The Kier molecular flexibility index (Phi) is 5.54. The third kappa shape index (κ3) is 4.73. The fraction of sp³-hybridized carbons (Fsp3) is 0.286. The van der Waals surface area contributed by atoms with Crippen LogP contribution in [0.15, 0.2) is 54.6 Å². The van der Waals surface area contributed by atoms with Gasteiger partial charge in [-0.3, -0.25) is 9.59 Å². The molecular weight excluding hydrogens is 344 g/mol. The van der Waals surface area contributed by atoms with Crippen molar-refractivity contribution < 1.29 is 19.5 Å². The SMILES string of the molecule is CN(C(=O)c1ccc(C(=O)NC2CC2)cc1)C(Cc1ccccc1)C(=O)O. The first-order valence-corrected chi connectivity index (χ1v) is 8.90. The van der Waals surface area contributed by atoms with Gasteiger partial charge in [0.25, 0.3) is 11.8 Å². The second kappa shape index (κ2) is 8.03. The number of benzene rings is 2. The van der Waals surface area contributed by atoms with Gasteiger partial charge in [-0.2, -0.15) is 0 Å². The van der Waals surface area contributed by atoms with Gasteiger partial charge in [-0.05, 0) is 42.7 Å². The molecule has 6 nitrogen and oxygen atoms in total. The lowest BCUT2D eigenvalue weighted by Gasteiger charge is -2.25. The smallest absolute Gasteiger partial charge is 0.326 e. The van der Waals surface area contributed by atoms with Gasteiger partial charge in [0, 0.05) is 30.6 Å². The highest BCUT2D eigenvalue weighted by Gasteiger charge is 2.28. The van der Waals surface area contributed by atoms with E-state index in [9.17, 15) is 19.5 Å². The second-order valence-corrected chi connectivity index (χ2v) is 6.78. The highest BCUT2D eigenvalue weighted by atomic mass is 16.4. The van der Waals surface area contributed by atoms with Crippen molar-refractivity contribution in [2.45, 2.75) is 31.3 Å². The minimum Gasteiger partial charge on any atom is -0.480 e. The van der Waals surface area contributed by atoms with Crippen LogP contribution in [0.1, 0.15) is 39.1 Å². The summed E-state index contributed by atoms with van der Waals surface area (Å²) in [6.45, 7) is 0. The lowest BCUT2D eigenvalue weighted by Crippen LogP contribution is -2.43. The van der Waals surface area contributed by atoms with Crippen LogP contribution in [0.5, 0.6) is 0 Å². The summed E-state index contributed by atoms with van der Waals surface area (Å²) >= 11 is 0. The number of carbonyl (C=O) groups excluding carboxylic acids is 2. The zero-order chi connectivity index (χ0) is 19.4. The molecule has 1 aliphatic carbocycles. The lowest BCUT2D eigenvalue weighted by atomic mass is 10.0. The zero-order valence-corrected chi connectivity index (χ0v) is 15.1. The van der Waals surface area contributed by atoms with Crippen molar-refractivity contribution in [3.05, 3.63) is 71.3 Å². The van der Waals surface area contributed by atoms with Crippen LogP contribution in [-0.4, -0.2) is 46.9 Å². The number of aliphatic carboxylic acids is 1. The summed E-state index contributed by atoms with van der Waals surface area (Å²) in [6.07, 6.45) is 2.23. The quantitative estimate of drug-likeness (QED) is 0.787. The van der Waals surface area contributed by atoms with Crippen molar-refractivity contribution in [1.82, 2.24) is 10.2 Å². The Morgan fingerprint density at radius 2 is 1.63 bits per heavy atom. The summed E-state index contributed by atoms with van der Waals surface area (Å²) in [6, 6.07) is 14.8. The van der Waals surface area contributed by atoms with Gasteiger partial charge in [-0.25, -0.2) is 4.79 Å². The first kappa shape index (κ1) is 18.6. The van der Waals surface area contributed by atoms with Crippen LogP contribution in [0.3, 0.4) is 0 Å². The first-order valence-electron chi connectivity index (χ1n) is 8.90. The molecule has 3 rings (SSSR count). The van der Waals surface area contributed by atoms with Gasteiger partial charge in [-0.15, -0.1) is 0 Å². The Morgan fingerprint density at radius 1 is 1.04 bits per heavy atom. The fourth-order valence-electron chi connectivity index (χ4n) is 2.83. The predicted octanol–water partition coefficient (Wildman–Crippen LogP) is 2.35. The third-order valence-electron chi connectivity index (χ3n) is 4.65. The van der Waals surface area contributed by atoms with Crippen molar-refractivity contribution in [2.24, 2.45) is 0 Å². The number of carboxylic acid groups (broad SMARTS) is 1. The minimum absolute atomic E-state index is 0.155. The van der Waals surface area contributed by atoms with Crippen LogP contribution >= 0.6 is 0 Å². The molecule has 2 aromatic carbocycles. The second-order valence-electron chi connectivity index (χ2n) is 6.78. The zero-order valence-electron chi connectivity index (χ0n) is 15.1. The maximum absolute atomic E-state index is 12.7. The Morgan fingerprint density at radius 3 is 2.19 bits per heavy atom. The number of hydrogen-bond acceptors (Lipinski definition) is 3. The van der Waals surface area contributed by atoms with E-state index in [1.807, 2.05) is 30.3 Å². The van der Waals surface area contributed by atoms with Gasteiger partial charge in [-0.1, -0.05) is 30.3 Å². The van der Waals surface area contributed by atoms with Gasteiger partial charge < -0.3 is 15.3 Å². The number of nitrogens with one attached hydrogen (secondary N) is 1. The summed E-state index contributed by atoms with van der Waals surface area (Å²) < 4.78 is 0. The summed E-state index contributed by atoms with van der Waals surface area (Å²) in [7, 11) is 1.48. The molecule has 0 aliphatic heterocycles. The molecule has 2 N–H and O–H groups in total. The number of carbonyl (C=O) groups is 3. The van der Waals surface area contributed by atoms with Crippen molar-refractivity contribution in [2.75, 3.05) is 7.05 Å². The Labute approximate surface area is 157 Å². The Hall–Kier alpha value is -3.15. The van der Waals surface area contributed by atoms with Crippen molar-refractivity contribution in [3.63, 3.8) is 0 Å². The monoisotopic (exact) mass is 366 g/mol. The summed E-state index contributed by atoms with van der Waals surface area (Å²) in [5.41, 5.74) is 1.68. The maximum Gasteiger partial charge on any atom is 0.326 e. The van der Waals surface area contributed by atoms with E-state index in [2.05, 4.69) is 5.32 Å². The number of amides is 2. The van der Waals surface area contributed by atoms with Crippen molar-refractivity contribution in [1.29, 1.82) is 0 Å². The molecule has 0 heterocycles. The molecule has 140 valence electrons. The van der Waals surface area contributed by atoms with Crippen molar-refractivity contribution >= 4 is 17.8 Å². The van der Waals surface area contributed by atoms with Gasteiger partial charge >= 0.3 is 5.97 Å². The molecule has 0 aromatic heterocycles. The van der Waals surface area contributed by atoms with Crippen LogP contribution in [0.4, 0.5) is 0 Å². The molecule has 2 amide bonds. The lowest BCUT2D eigenvalue weighted by molar-refractivity contribution is -0.141. The Balaban J connectivity index is 1.70. The average molecular weight is 366 g/mol. The molecule has 0 spiro atoms. The molecule has 6 heteroatoms. The molecule has 2 aromatic rings. The molecule has 0 saturated heterocycles. The van der Waals surface area contributed by atoms with E-state index in [1.54, 1.807) is 24.3 Å². The molecule has 27 heavy (non-hydrogen) atoms. The number of likely N-dealkylation sites (N-methyl/N-ethyl adjacent to an activating group) is 1. The van der Waals surface area contributed by atoms with Crippen LogP contribution in [0, 0.1) is 0 Å². The molecule has 1 aliphatic rings.